The van der Waals surface area contributed by atoms with Gasteiger partial charge in [-0.15, -0.1) is 0 Å². The van der Waals surface area contributed by atoms with Crippen LogP contribution in [0.2, 0.25) is 0 Å². The van der Waals surface area contributed by atoms with E-state index in [9.17, 15) is 0 Å². The minimum absolute atomic E-state index is 0.642. The van der Waals surface area contributed by atoms with E-state index in [0.717, 1.165) is 0 Å². The molecule has 2 atom stereocenters. The lowest BCUT2D eigenvalue weighted by atomic mass is 9.92. The van der Waals surface area contributed by atoms with E-state index in [2.05, 4.69) is 11.5 Å². The molecule has 0 amide bonds. The highest BCUT2D eigenvalue weighted by Gasteiger charge is 2.23. The Morgan fingerprint density at radius 1 is 0.875 bits per heavy atom. The molecule has 0 radical (unpaired) electrons. The molecule has 48 valence electrons. The van der Waals surface area contributed by atoms with Crippen molar-refractivity contribution < 1.29 is 11.5 Å². The highest BCUT2D eigenvalue weighted by Crippen LogP contribution is 2.12. The Morgan fingerprint density at radius 2 is 1.25 bits per heavy atom. The zero-order chi connectivity index (χ0) is 5.98. The van der Waals surface area contributed by atoms with Gasteiger partial charge in [-0.1, -0.05) is 0 Å². The molecule has 6 N–H and O–H groups in total. The Labute approximate surface area is 50.2 Å². The minimum atomic E-state index is 0.642. The average Bonchev–Trinajstić information content (AvgIpc) is 1.77. The van der Waals surface area contributed by atoms with Gasteiger partial charge in [-0.3, -0.25) is 0 Å². The SMILES string of the molecule is [NH3+][C@@H]1CCCC[C@@H]1[NH3+]. The number of hydrogen-bond donors (Lipinski definition) is 2. The zero-order valence-corrected chi connectivity index (χ0v) is 5.40. The summed E-state index contributed by atoms with van der Waals surface area (Å²) in [5, 5.41) is 0. The summed E-state index contributed by atoms with van der Waals surface area (Å²) in [5.74, 6) is 0. The van der Waals surface area contributed by atoms with Gasteiger partial charge < -0.3 is 11.5 Å². The molecule has 2 heteroatoms. The van der Waals surface area contributed by atoms with Gasteiger partial charge in [0.1, 0.15) is 12.1 Å². The Bertz CT molecular complexity index is 62.9. The van der Waals surface area contributed by atoms with Crippen molar-refractivity contribution >= 4 is 0 Å². The first-order valence-electron chi connectivity index (χ1n) is 3.47. The van der Waals surface area contributed by atoms with Gasteiger partial charge in [-0.2, -0.15) is 0 Å². The van der Waals surface area contributed by atoms with Crippen LogP contribution in [0.3, 0.4) is 0 Å². The van der Waals surface area contributed by atoms with Crippen LogP contribution in [0.15, 0.2) is 0 Å². The predicted octanol–water partition coefficient (Wildman–Crippen LogP) is -1.22. The average molecular weight is 116 g/mol. The fraction of sp³-hybridized carbons (Fsp3) is 1.00. The van der Waals surface area contributed by atoms with Gasteiger partial charge >= 0.3 is 0 Å². The minimum Gasteiger partial charge on any atom is -0.350 e. The summed E-state index contributed by atoms with van der Waals surface area (Å²) < 4.78 is 0. The molecular weight excluding hydrogens is 100 g/mol. The molecule has 0 aromatic carbocycles. The first-order chi connectivity index (χ1) is 3.80. The van der Waals surface area contributed by atoms with Crippen molar-refractivity contribution in [3.63, 3.8) is 0 Å². The van der Waals surface area contributed by atoms with Gasteiger partial charge in [0.15, 0.2) is 0 Å². The fourth-order valence-electron chi connectivity index (χ4n) is 1.28. The molecule has 1 fully saturated rings. The van der Waals surface area contributed by atoms with E-state index in [-0.39, 0.29) is 0 Å². The first-order valence-corrected chi connectivity index (χ1v) is 3.47. The second-order valence-electron chi connectivity index (χ2n) is 2.80. The maximum atomic E-state index is 4.02. The number of hydrogen-bond acceptors (Lipinski definition) is 0. The fourth-order valence-corrected chi connectivity index (χ4v) is 1.28. The van der Waals surface area contributed by atoms with Crippen LogP contribution < -0.4 is 11.5 Å². The Kier molecular flexibility index (Phi) is 1.86. The third-order valence-corrected chi connectivity index (χ3v) is 2.07. The maximum Gasteiger partial charge on any atom is 0.137 e. The largest absolute Gasteiger partial charge is 0.350 e. The standard InChI is InChI=1S/C6H14N2/c7-5-3-1-2-4-6(5)8/h5-6H,1-4,7-8H2/p+2/t5-,6+. The Morgan fingerprint density at radius 3 is 1.50 bits per heavy atom. The molecular formula is C6H16N2+2. The molecule has 0 unspecified atom stereocenters. The molecule has 1 rings (SSSR count). The smallest absolute Gasteiger partial charge is 0.137 e. The highest BCUT2D eigenvalue weighted by atomic mass is 14.8. The van der Waals surface area contributed by atoms with Crippen LogP contribution in [0.1, 0.15) is 25.7 Å². The van der Waals surface area contributed by atoms with Crippen LogP contribution >= 0.6 is 0 Å². The van der Waals surface area contributed by atoms with Gasteiger partial charge in [0.25, 0.3) is 0 Å². The van der Waals surface area contributed by atoms with Crippen molar-refractivity contribution in [2.24, 2.45) is 0 Å². The Balaban J connectivity index is 2.28. The van der Waals surface area contributed by atoms with E-state index < -0.39 is 0 Å². The van der Waals surface area contributed by atoms with Crippen LogP contribution in [0.4, 0.5) is 0 Å². The summed E-state index contributed by atoms with van der Waals surface area (Å²) in [5.41, 5.74) is 8.03. The normalized spacial score (nSPS) is 39.8. The highest BCUT2D eigenvalue weighted by molar-refractivity contribution is 4.69. The van der Waals surface area contributed by atoms with Gasteiger partial charge in [0.2, 0.25) is 0 Å². The van der Waals surface area contributed by atoms with E-state index in [1.165, 1.54) is 25.7 Å². The van der Waals surface area contributed by atoms with E-state index in [4.69, 9.17) is 0 Å². The van der Waals surface area contributed by atoms with E-state index in [1.807, 2.05) is 0 Å². The summed E-state index contributed by atoms with van der Waals surface area (Å²) in [7, 11) is 0. The molecule has 0 aromatic rings. The molecule has 1 saturated carbocycles. The molecule has 0 saturated heterocycles. The second-order valence-corrected chi connectivity index (χ2v) is 2.80. The van der Waals surface area contributed by atoms with Crippen molar-refractivity contribution in [1.29, 1.82) is 0 Å². The quantitative estimate of drug-likeness (QED) is 0.399. The van der Waals surface area contributed by atoms with Crippen molar-refractivity contribution in [2.45, 2.75) is 37.8 Å². The summed E-state index contributed by atoms with van der Waals surface area (Å²) >= 11 is 0. The van der Waals surface area contributed by atoms with Crippen molar-refractivity contribution in [3.8, 4) is 0 Å². The van der Waals surface area contributed by atoms with Gasteiger partial charge in [-0.25, -0.2) is 0 Å². The van der Waals surface area contributed by atoms with Crippen LogP contribution in [-0.2, 0) is 0 Å². The summed E-state index contributed by atoms with van der Waals surface area (Å²) in [6, 6.07) is 1.28. The summed E-state index contributed by atoms with van der Waals surface area (Å²) in [6.45, 7) is 0. The van der Waals surface area contributed by atoms with Gasteiger partial charge in [-0.05, 0) is 12.8 Å². The van der Waals surface area contributed by atoms with Crippen molar-refractivity contribution in [3.05, 3.63) is 0 Å². The van der Waals surface area contributed by atoms with Crippen LogP contribution in [0, 0.1) is 0 Å². The zero-order valence-electron chi connectivity index (χ0n) is 5.40. The van der Waals surface area contributed by atoms with E-state index in [1.54, 1.807) is 0 Å². The third-order valence-electron chi connectivity index (χ3n) is 2.07. The molecule has 1 aliphatic rings. The van der Waals surface area contributed by atoms with Crippen LogP contribution in [0.5, 0.6) is 0 Å². The van der Waals surface area contributed by atoms with Gasteiger partial charge in [0, 0.05) is 12.8 Å². The monoisotopic (exact) mass is 116 g/mol. The van der Waals surface area contributed by atoms with Crippen molar-refractivity contribution in [2.75, 3.05) is 0 Å². The topological polar surface area (TPSA) is 55.3 Å². The Hall–Kier alpha value is -0.0800. The molecule has 8 heavy (non-hydrogen) atoms. The molecule has 1 aliphatic carbocycles. The maximum absolute atomic E-state index is 4.02. The first kappa shape index (κ1) is 6.05. The third kappa shape index (κ3) is 1.20. The van der Waals surface area contributed by atoms with Gasteiger partial charge in [0.05, 0.1) is 0 Å². The molecule has 0 aliphatic heterocycles. The second kappa shape index (κ2) is 2.46. The number of rotatable bonds is 0. The lowest BCUT2D eigenvalue weighted by Gasteiger charge is -2.18. The lowest BCUT2D eigenvalue weighted by Crippen LogP contribution is -2.80. The van der Waals surface area contributed by atoms with Crippen LogP contribution in [-0.4, -0.2) is 12.1 Å². The summed E-state index contributed by atoms with van der Waals surface area (Å²) in [6.07, 6.45) is 5.35. The predicted molar refractivity (Wildman–Crippen MR) is 31.8 cm³/mol. The molecule has 0 aromatic heterocycles. The molecule has 0 heterocycles. The molecule has 0 spiro atoms. The lowest BCUT2D eigenvalue weighted by molar-refractivity contribution is -0.534. The van der Waals surface area contributed by atoms with E-state index >= 15 is 0 Å². The van der Waals surface area contributed by atoms with Crippen LogP contribution in [0.25, 0.3) is 0 Å². The summed E-state index contributed by atoms with van der Waals surface area (Å²) in [4.78, 5) is 0. The number of quaternary nitrogens is 2. The van der Waals surface area contributed by atoms with E-state index in [0.29, 0.717) is 12.1 Å². The molecule has 2 nitrogen and oxygen atoms in total. The van der Waals surface area contributed by atoms with Crippen molar-refractivity contribution in [1.82, 2.24) is 0 Å². The molecule has 0 bridgehead atoms.